The van der Waals surface area contributed by atoms with E-state index in [2.05, 4.69) is 10.2 Å². The van der Waals surface area contributed by atoms with Gasteiger partial charge >= 0.3 is 0 Å². The first-order chi connectivity index (χ1) is 13.6. The van der Waals surface area contributed by atoms with Crippen LogP contribution in [0.1, 0.15) is 36.8 Å². The smallest absolute Gasteiger partial charge is 0.230 e. The molecule has 1 saturated carbocycles. The lowest BCUT2D eigenvalue weighted by Gasteiger charge is -2.33. The number of carbonyl (C=O) groups is 1. The maximum Gasteiger partial charge on any atom is 0.230 e. The molecule has 148 valence electrons. The quantitative estimate of drug-likeness (QED) is 0.772. The maximum atomic E-state index is 13.9. The summed E-state index contributed by atoms with van der Waals surface area (Å²) in [6, 6.07) is 14.6. The van der Waals surface area contributed by atoms with Crippen LogP contribution in [0, 0.1) is 11.7 Å². The van der Waals surface area contributed by atoms with E-state index in [4.69, 9.17) is 11.6 Å². The molecule has 2 aliphatic rings. The normalized spacial score (nSPS) is 21.3. The predicted molar refractivity (Wildman–Crippen MR) is 110 cm³/mol. The molecular formula is C23H26ClFN2O. The summed E-state index contributed by atoms with van der Waals surface area (Å²) in [6.07, 6.45) is 3.97. The third-order valence-corrected chi connectivity index (χ3v) is 6.34. The first kappa shape index (κ1) is 19.4. The summed E-state index contributed by atoms with van der Waals surface area (Å²) < 4.78 is 13.9. The molecule has 3 nitrogen and oxygen atoms in total. The van der Waals surface area contributed by atoms with Crippen molar-refractivity contribution in [3.63, 3.8) is 0 Å². The molecule has 2 aromatic carbocycles. The zero-order valence-corrected chi connectivity index (χ0v) is 16.7. The minimum atomic E-state index is -0.369. The highest BCUT2D eigenvalue weighted by molar-refractivity contribution is 6.30. The molecule has 1 aliphatic heterocycles. The molecule has 4 rings (SSSR count). The molecule has 1 saturated heterocycles. The van der Waals surface area contributed by atoms with Gasteiger partial charge in [0.2, 0.25) is 5.91 Å². The predicted octanol–water partition coefficient (Wildman–Crippen LogP) is 4.54. The Morgan fingerprint density at radius 3 is 2.64 bits per heavy atom. The van der Waals surface area contributed by atoms with Crippen LogP contribution in [0.15, 0.2) is 48.5 Å². The fraction of sp³-hybridized carbons (Fsp3) is 0.435. The second-order valence-electron chi connectivity index (χ2n) is 8.13. The summed E-state index contributed by atoms with van der Waals surface area (Å²) in [6.45, 7) is 3.18. The zero-order chi connectivity index (χ0) is 19.6. The van der Waals surface area contributed by atoms with Gasteiger partial charge in [0.1, 0.15) is 5.82 Å². The van der Waals surface area contributed by atoms with Gasteiger partial charge in [0.25, 0.3) is 0 Å². The van der Waals surface area contributed by atoms with E-state index in [-0.39, 0.29) is 17.1 Å². The molecule has 2 fully saturated rings. The fourth-order valence-electron chi connectivity index (χ4n) is 4.28. The highest BCUT2D eigenvalue weighted by Crippen LogP contribution is 2.48. The standard InChI is InChI=1S/C23H26ClFN2O/c24-20-9-7-19(8-10-20)23(11-12-23)22(28)26-14-17-4-3-13-27(15-17)16-18-5-1-2-6-21(18)25/h1-2,5-10,17H,3-4,11-16H2,(H,26,28)/t17-/m1/s1. The molecule has 0 unspecified atom stereocenters. The Morgan fingerprint density at radius 1 is 1.18 bits per heavy atom. The van der Waals surface area contributed by atoms with Crippen molar-refractivity contribution in [1.29, 1.82) is 0 Å². The molecule has 1 heterocycles. The van der Waals surface area contributed by atoms with E-state index < -0.39 is 0 Å². The maximum absolute atomic E-state index is 13.9. The first-order valence-electron chi connectivity index (χ1n) is 10.1. The van der Waals surface area contributed by atoms with Crippen LogP contribution >= 0.6 is 11.6 Å². The molecule has 1 aliphatic carbocycles. The number of carbonyl (C=O) groups excluding carboxylic acids is 1. The monoisotopic (exact) mass is 400 g/mol. The number of rotatable bonds is 6. The minimum Gasteiger partial charge on any atom is -0.355 e. The average Bonchev–Trinajstić information content (AvgIpc) is 3.51. The number of nitrogens with zero attached hydrogens (tertiary/aromatic N) is 1. The van der Waals surface area contributed by atoms with Crippen molar-refractivity contribution in [2.24, 2.45) is 5.92 Å². The van der Waals surface area contributed by atoms with Crippen LogP contribution < -0.4 is 5.32 Å². The molecule has 1 atom stereocenters. The van der Waals surface area contributed by atoms with Crippen LogP contribution in [0.5, 0.6) is 0 Å². The molecular weight excluding hydrogens is 375 g/mol. The van der Waals surface area contributed by atoms with E-state index in [1.54, 1.807) is 6.07 Å². The van der Waals surface area contributed by atoms with E-state index >= 15 is 0 Å². The van der Waals surface area contributed by atoms with Gasteiger partial charge in [-0.25, -0.2) is 4.39 Å². The van der Waals surface area contributed by atoms with Gasteiger partial charge in [-0.2, -0.15) is 0 Å². The number of amides is 1. The van der Waals surface area contributed by atoms with Crippen molar-refractivity contribution in [2.75, 3.05) is 19.6 Å². The van der Waals surface area contributed by atoms with E-state index in [0.29, 0.717) is 24.0 Å². The van der Waals surface area contributed by atoms with Crippen molar-refractivity contribution < 1.29 is 9.18 Å². The molecule has 1 amide bonds. The summed E-state index contributed by atoms with van der Waals surface area (Å²) in [5, 5.41) is 3.88. The number of likely N-dealkylation sites (tertiary alicyclic amines) is 1. The molecule has 5 heteroatoms. The number of piperidine rings is 1. The van der Waals surface area contributed by atoms with Gasteiger partial charge in [0.15, 0.2) is 0 Å². The van der Waals surface area contributed by atoms with Crippen molar-refractivity contribution in [3.8, 4) is 0 Å². The van der Waals surface area contributed by atoms with Crippen LogP contribution in [0.25, 0.3) is 0 Å². The van der Waals surface area contributed by atoms with Crippen LogP contribution in [-0.2, 0) is 16.8 Å². The Bertz CT molecular complexity index is 835. The molecule has 0 bridgehead atoms. The molecule has 0 spiro atoms. The lowest BCUT2D eigenvalue weighted by Crippen LogP contribution is -2.43. The summed E-state index contributed by atoms with van der Waals surface area (Å²) >= 11 is 5.98. The fourth-order valence-corrected chi connectivity index (χ4v) is 4.40. The summed E-state index contributed by atoms with van der Waals surface area (Å²) in [5.74, 6) is 0.392. The van der Waals surface area contributed by atoms with Crippen molar-refractivity contribution in [3.05, 3.63) is 70.5 Å². The van der Waals surface area contributed by atoms with Gasteiger partial charge in [0.05, 0.1) is 5.41 Å². The number of benzene rings is 2. The molecule has 1 N–H and O–H groups in total. The minimum absolute atomic E-state index is 0.126. The van der Waals surface area contributed by atoms with E-state index in [0.717, 1.165) is 49.9 Å². The van der Waals surface area contributed by atoms with Crippen LogP contribution in [0.3, 0.4) is 0 Å². The summed E-state index contributed by atoms with van der Waals surface area (Å²) in [7, 11) is 0. The van der Waals surface area contributed by atoms with Crippen LogP contribution in [0.4, 0.5) is 4.39 Å². The van der Waals surface area contributed by atoms with E-state index in [9.17, 15) is 9.18 Å². The third-order valence-electron chi connectivity index (χ3n) is 6.09. The highest BCUT2D eigenvalue weighted by Gasteiger charge is 2.51. The lowest BCUT2D eigenvalue weighted by molar-refractivity contribution is -0.123. The number of hydrogen-bond acceptors (Lipinski definition) is 2. The number of halogens is 2. The zero-order valence-electron chi connectivity index (χ0n) is 16.0. The highest BCUT2D eigenvalue weighted by atomic mass is 35.5. The Hall–Kier alpha value is -1.91. The molecule has 2 aromatic rings. The molecule has 0 radical (unpaired) electrons. The second-order valence-corrected chi connectivity index (χ2v) is 8.57. The van der Waals surface area contributed by atoms with Crippen LogP contribution in [0.2, 0.25) is 5.02 Å². The Morgan fingerprint density at radius 2 is 1.93 bits per heavy atom. The largest absolute Gasteiger partial charge is 0.355 e. The van der Waals surface area contributed by atoms with Gasteiger partial charge < -0.3 is 5.32 Å². The Kier molecular flexibility index (Phi) is 5.70. The SMILES string of the molecule is O=C(NC[C@H]1CCCN(Cc2ccccc2F)C1)C1(c2ccc(Cl)cc2)CC1. The lowest BCUT2D eigenvalue weighted by atomic mass is 9.93. The third kappa shape index (κ3) is 4.23. The molecule has 28 heavy (non-hydrogen) atoms. The van der Waals surface area contributed by atoms with E-state index in [1.165, 1.54) is 6.07 Å². The molecule has 0 aromatic heterocycles. The van der Waals surface area contributed by atoms with Crippen molar-refractivity contribution in [2.45, 2.75) is 37.6 Å². The van der Waals surface area contributed by atoms with E-state index in [1.807, 2.05) is 36.4 Å². The van der Waals surface area contributed by atoms with Gasteiger partial charge in [0, 0.05) is 30.2 Å². The van der Waals surface area contributed by atoms with Gasteiger partial charge in [-0.1, -0.05) is 41.9 Å². The second kappa shape index (κ2) is 8.22. The van der Waals surface area contributed by atoms with Gasteiger partial charge in [-0.3, -0.25) is 9.69 Å². The number of hydrogen-bond donors (Lipinski definition) is 1. The topological polar surface area (TPSA) is 32.3 Å². The van der Waals surface area contributed by atoms with Crippen molar-refractivity contribution >= 4 is 17.5 Å². The van der Waals surface area contributed by atoms with Crippen LogP contribution in [-0.4, -0.2) is 30.4 Å². The Balaban J connectivity index is 1.31. The summed E-state index contributed by atoms with van der Waals surface area (Å²) in [5.41, 5.74) is 1.43. The van der Waals surface area contributed by atoms with Gasteiger partial charge in [-0.15, -0.1) is 0 Å². The van der Waals surface area contributed by atoms with Gasteiger partial charge in [-0.05, 0) is 61.9 Å². The Labute approximate surface area is 170 Å². The number of nitrogens with one attached hydrogen (secondary N) is 1. The van der Waals surface area contributed by atoms with Crippen molar-refractivity contribution in [1.82, 2.24) is 10.2 Å². The average molecular weight is 401 g/mol. The first-order valence-corrected chi connectivity index (χ1v) is 10.4. The summed E-state index contributed by atoms with van der Waals surface area (Å²) in [4.78, 5) is 15.2.